The molecule has 0 aliphatic rings. The summed E-state index contributed by atoms with van der Waals surface area (Å²) in [6, 6.07) is 15.6. The van der Waals surface area contributed by atoms with Crippen LogP contribution in [0.25, 0.3) is 11.0 Å². The van der Waals surface area contributed by atoms with E-state index in [4.69, 9.17) is 4.74 Å². The van der Waals surface area contributed by atoms with Gasteiger partial charge in [0.2, 0.25) is 9.84 Å². The minimum absolute atomic E-state index is 0.0792. The van der Waals surface area contributed by atoms with E-state index in [1.165, 1.54) is 31.5 Å². The number of sulfone groups is 1. The second kappa shape index (κ2) is 7.48. The van der Waals surface area contributed by atoms with Crippen molar-refractivity contribution in [2.75, 3.05) is 12.4 Å². The number of aromatic nitrogens is 2. The van der Waals surface area contributed by atoms with Crippen molar-refractivity contribution < 1.29 is 18.1 Å². The number of fused-ring (bicyclic) bond motifs is 1. The summed E-state index contributed by atoms with van der Waals surface area (Å²) in [7, 11) is -2.34. The normalized spacial score (nSPS) is 11.4. The van der Waals surface area contributed by atoms with Gasteiger partial charge in [-0.25, -0.2) is 13.4 Å². The van der Waals surface area contributed by atoms with E-state index in [-0.39, 0.29) is 21.2 Å². The average Bonchev–Trinajstić information content (AvgIpc) is 3.18. The van der Waals surface area contributed by atoms with Crippen molar-refractivity contribution in [3.63, 3.8) is 0 Å². The zero-order chi connectivity index (χ0) is 21.3. The van der Waals surface area contributed by atoms with Gasteiger partial charge in [-0.15, -0.1) is 0 Å². The Morgan fingerprint density at radius 3 is 2.67 bits per heavy atom. The number of ether oxygens (including phenoxy) is 1. The molecular weight excluding hydrogens is 408 g/mol. The van der Waals surface area contributed by atoms with Crippen molar-refractivity contribution >= 4 is 38.1 Å². The van der Waals surface area contributed by atoms with E-state index in [2.05, 4.69) is 15.3 Å². The summed E-state index contributed by atoms with van der Waals surface area (Å²) in [5.74, 6) is 0.772. The molecule has 0 amide bonds. The largest absolute Gasteiger partial charge is 0.497 e. The number of aromatic amines is 1. The van der Waals surface area contributed by atoms with Crippen molar-refractivity contribution in [1.29, 1.82) is 0 Å². The van der Waals surface area contributed by atoms with Crippen LogP contribution in [0.3, 0.4) is 0 Å². The predicted octanol–water partition coefficient (Wildman–Crippen LogP) is 4.06. The predicted molar refractivity (Wildman–Crippen MR) is 111 cm³/mol. The van der Waals surface area contributed by atoms with Gasteiger partial charge in [0.1, 0.15) is 22.9 Å². The Balaban J connectivity index is 1.72. The molecular formula is C20H16N4O5S. The lowest BCUT2D eigenvalue weighted by Crippen LogP contribution is -2.02. The molecule has 0 atom stereocenters. The molecule has 0 fully saturated rings. The maximum atomic E-state index is 13.1. The second-order valence-corrected chi connectivity index (χ2v) is 8.25. The number of hydrogen-bond donors (Lipinski definition) is 2. The van der Waals surface area contributed by atoms with Gasteiger partial charge in [0.15, 0.2) is 0 Å². The minimum Gasteiger partial charge on any atom is -0.497 e. The molecule has 10 heteroatoms. The molecule has 0 radical (unpaired) electrons. The molecule has 4 rings (SSSR count). The number of nitro benzene ring substituents is 1. The first-order valence-electron chi connectivity index (χ1n) is 8.78. The van der Waals surface area contributed by atoms with Crippen LogP contribution in [0.5, 0.6) is 5.75 Å². The number of nitro groups is 1. The summed E-state index contributed by atoms with van der Waals surface area (Å²) in [6.07, 6.45) is 1.38. The smallest absolute Gasteiger partial charge is 0.292 e. The number of pyridine rings is 1. The second-order valence-electron chi connectivity index (χ2n) is 6.33. The van der Waals surface area contributed by atoms with E-state index >= 15 is 0 Å². The van der Waals surface area contributed by atoms with Crippen LogP contribution in [0.1, 0.15) is 0 Å². The Morgan fingerprint density at radius 2 is 1.90 bits per heavy atom. The average molecular weight is 424 g/mol. The van der Waals surface area contributed by atoms with Crippen LogP contribution in [0.2, 0.25) is 0 Å². The molecule has 2 aromatic heterocycles. The molecule has 0 aliphatic heterocycles. The first-order valence-corrected chi connectivity index (χ1v) is 10.3. The number of benzene rings is 2. The number of anilines is 2. The maximum absolute atomic E-state index is 13.1. The highest BCUT2D eigenvalue weighted by Crippen LogP contribution is 2.31. The molecule has 0 unspecified atom stereocenters. The summed E-state index contributed by atoms with van der Waals surface area (Å²) in [4.78, 5) is 18.1. The first kappa shape index (κ1) is 19.4. The number of nitrogens with zero attached hydrogens (tertiary/aromatic N) is 2. The van der Waals surface area contributed by atoms with Crippen molar-refractivity contribution in [3.8, 4) is 5.75 Å². The lowest BCUT2D eigenvalue weighted by Gasteiger charge is -2.07. The quantitative estimate of drug-likeness (QED) is 0.353. The lowest BCUT2D eigenvalue weighted by atomic mass is 10.2. The summed E-state index contributed by atoms with van der Waals surface area (Å²) in [5, 5.41) is 14.5. The lowest BCUT2D eigenvalue weighted by molar-refractivity contribution is -0.383. The van der Waals surface area contributed by atoms with E-state index in [0.29, 0.717) is 22.6 Å². The Morgan fingerprint density at radius 1 is 1.10 bits per heavy atom. The zero-order valence-electron chi connectivity index (χ0n) is 15.7. The summed E-state index contributed by atoms with van der Waals surface area (Å²) >= 11 is 0. The Hall–Kier alpha value is -3.92. The van der Waals surface area contributed by atoms with Crippen molar-refractivity contribution in [2.45, 2.75) is 9.79 Å². The highest BCUT2D eigenvalue weighted by molar-refractivity contribution is 7.91. The number of nitrogens with one attached hydrogen (secondary N) is 2. The van der Waals surface area contributed by atoms with Gasteiger partial charge < -0.3 is 15.0 Å². The molecule has 0 bridgehead atoms. The third kappa shape index (κ3) is 3.44. The van der Waals surface area contributed by atoms with Crippen LogP contribution in [0, 0.1) is 10.1 Å². The van der Waals surface area contributed by atoms with Crippen molar-refractivity contribution in [1.82, 2.24) is 9.97 Å². The molecule has 9 nitrogen and oxygen atoms in total. The fourth-order valence-corrected chi connectivity index (χ4v) is 4.49. The van der Waals surface area contributed by atoms with Crippen LogP contribution in [-0.2, 0) is 9.84 Å². The monoisotopic (exact) mass is 424 g/mol. The van der Waals surface area contributed by atoms with Gasteiger partial charge in [-0.05, 0) is 36.4 Å². The third-order valence-corrected chi connectivity index (χ3v) is 6.30. The molecule has 0 saturated carbocycles. The van der Waals surface area contributed by atoms with Crippen molar-refractivity contribution in [3.05, 3.63) is 77.0 Å². The standard InChI is InChI=1S/C20H16N4O5S/c1-29-13-5-4-6-14(11-13)30(27,28)18-12-21-20-15(18)9-10-19(23-20)22-16-7-2-3-8-17(16)24(25)26/h2-12H,1H3,(H2,21,22,23). The highest BCUT2D eigenvalue weighted by atomic mass is 32.2. The Kier molecular flexibility index (Phi) is 4.84. The van der Waals surface area contributed by atoms with Gasteiger partial charge in [-0.1, -0.05) is 18.2 Å². The number of methoxy groups -OCH3 is 1. The summed E-state index contributed by atoms with van der Waals surface area (Å²) in [6.45, 7) is 0. The fourth-order valence-electron chi connectivity index (χ4n) is 3.04. The molecule has 0 spiro atoms. The molecule has 0 saturated heterocycles. The molecule has 2 N–H and O–H groups in total. The van der Waals surface area contributed by atoms with Crippen LogP contribution >= 0.6 is 0 Å². The van der Waals surface area contributed by atoms with Gasteiger partial charge >= 0.3 is 0 Å². The molecule has 2 heterocycles. The van der Waals surface area contributed by atoms with E-state index in [1.54, 1.807) is 42.5 Å². The Bertz CT molecular complexity index is 1360. The number of H-pyrrole nitrogens is 1. The van der Waals surface area contributed by atoms with E-state index in [9.17, 15) is 18.5 Å². The molecule has 30 heavy (non-hydrogen) atoms. The van der Waals surface area contributed by atoms with Gasteiger partial charge in [0.05, 0.1) is 21.8 Å². The first-order chi connectivity index (χ1) is 14.4. The third-order valence-electron chi connectivity index (χ3n) is 4.51. The number of para-hydroxylation sites is 2. The van der Waals surface area contributed by atoms with Gasteiger partial charge in [0, 0.05) is 17.6 Å². The molecule has 4 aromatic rings. The SMILES string of the molecule is COc1cccc(S(=O)(=O)c2c[nH]c3nc(Nc4ccccc4[N+](=O)[O-])ccc23)c1. The topological polar surface area (TPSA) is 127 Å². The van der Waals surface area contributed by atoms with Crippen LogP contribution in [0.4, 0.5) is 17.2 Å². The Labute approximate surface area is 171 Å². The fraction of sp³-hybridized carbons (Fsp3) is 0.0500. The van der Waals surface area contributed by atoms with Crippen LogP contribution < -0.4 is 10.1 Å². The van der Waals surface area contributed by atoms with E-state index in [0.717, 1.165) is 0 Å². The van der Waals surface area contributed by atoms with Crippen LogP contribution in [-0.4, -0.2) is 30.4 Å². The minimum atomic E-state index is -3.81. The highest BCUT2D eigenvalue weighted by Gasteiger charge is 2.23. The molecule has 152 valence electrons. The van der Waals surface area contributed by atoms with Crippen LogP contribution in [0.15, 0.2) is 76.7 Å². The van der Waals surface area contributed by atoms with E-state index in [1.807, 2.05) is 0 Å². The number of hydrogen-bond acceptors (Lipinski definition) is 7. The van der Waals surface area contributed by atoms with Gasteiger partial charge in [-0.2, -0.15) is 0 Å². The van der Waals surface area contributed by atoms with Crippen molar-refractivity contribution in [2.24, 2.45) is 0 Å². The van der Waals surface area contributed by atoms with E-state index < -0.39 is 14.8 Å². The van der Waals surface area contributed by atoms with Gasteiger partial charge in [-0.3, -0.25) is 10.1 Å². The zero-order valence-corrected chi connectivity index (χ0v) is 16.5. The number of rotatable bonds is 6. The maximum Gasteiger partial charge on any atom is 0.292 e. The summed E-state index contributed by atoms with van der Waals surface area (Å²) in [5.41, 5.74) is 0.525. The molecule has 2 aromatic carbocycles. The van der Waals surface area contributed by atoms with Gasteiger partial charge in [0.25, 0.3) is 5.69 Å². The summed E-state index contributed by atoms with van der Waals surface area (Å²) < 4.78 is 31.3. The molecule has 0 aliphatic carbocycles.